The van der Waals surface area contributed by atoms with E-state index in [1.54, 1.807) is 27.2 Å². The van der Waals surface area contributed by atoms with Crippen molar-refractivity contribution >= 4 is 11.9 Å². The molecule has 0 unspecified atom stereocenters. The van der Waals surface area contributed by atoms with E-state index in [9.17, 15) is 4.79 Å². The van der Waals surface area contributed by atoms with Gasteiger partial charge >= 0.3 is 5.97 Å². The average Bonchev–Trinajstić information content (AvgIpc) is 3.09. The Balaban J connectivity index is 2.08. The Morgan fingerprint density at radius 3 is 2.57 bits per heavy atom. The fourth-order valence-electron chi connectivity index (χ4n) is 2.60. The largest absolute Gasteiger partial charge is 0.497 e. The van der Waals surface area contributed by atoms with Gasteiger partial charge in [-0.25, -0.2) is 9.79 Å². The molecular weight excluding hydrogens is 362 g/mol. The summed E-state index contributed by atoms with van der Waals surface area (Å²) in [5.74, 6) is 2.78. The first-order valence-corrected chi connectivity index (χ1v) is 8.93. The highest BCUT2D eigenvalue weighted by Gasteiger charge is 2.15. The van der Waals surface area contributed by atoms with Crippen LogP contribution < -0.4 is 20.1 Å². The van der Waals surface area contributed by atoms with Gasteiger partial charge in [0, 0.05) is 18.2 Å². The number of hydrogen-bond acceptors (Lipinski definition) is 6. The van der Waals surface area contributed by atoms with Gasteiger partial charge in [-0.3, -0.25) is 0 Å². The number of aryl methyl sites for hydroxylation is 1. The lowest BCUT2D eigenvalue weighted by atomic mass is 10.2. The number of carbonyl (C=O) groups excluding carboxylic acids is 1. The highest BCUT2D eigenvalue weighted by Crippen LogP contribution is 2.25. The molecule has 2 N–H and O–H groups in total. The van der Waals surface area contributed by atoms with E-state index in [4.69, 9.17) is 18.6 Å². The molecule has 28 heavy (non-hydrogen) atoms. The fraction of sp³-hybridized carbons (Fsp3) is 0.400. The van der Waals surface area contributed by atoms with Gasteiger partial charge in [-0.05, 0) is 32.0 Å². The molecule has 0 aliphatic carbocycles. The number of ether oxygens (including phenoxy) is 3. The Morgan fingerprint density at radius 1 is 1.14 bits per heavy atom. The standard InChI is InChI=1S/C20H27N3O5/c1-6-21-20(22-11-14-7-8-15(25-3)10-18(14)26-4)23-12-16-9-17(13(2)28-16)19(24)27-5/h7-10H,6,11-12H2,1-5H3,(H2,21,22,23). The van der Waals surface area contributed by atoms with Gasteiger partial charge in [-0.2, -0.15) is 0 Å². The van der Waals surface area contributed by atoms with Crippen LogP contribution in [0.5, 0.6) is 11.5 Å². The van der Waals surface area contributed by atoms with Crippen LogP contribution in [0.1, 0.15) is 34.4 Å². The number of carbonyl (C=O) groups is 1. The predicted octanol–water partition coefficient (Wildman–Crippen LogP) is 2.65. The number of furan rings is 1. The zero-order valence-electron chi connectivity index (χ0n) is 16.9. The zero-order valence-corrected chi connectivity index (χ0v) is 16.9. The second-order valence-electron chi connectivity index (χ2n) is 5.90. The van der Waals surface area contributed by atoms with E-state index in [1.165, 1.54) is 7.11 Å². The molecule has 0 spiro atoms. The second kappa shape index (κ2) is 10.2. The first kappa shape index (κ1) is 21.1. The van der Waals surface area contributed by atoms with Crippen molar-refractivity contribution in [2.75, 3.05) is 27.9 Å². The molecule has 1 heterocycles. The molecule has 0 bridgehead atoms. The van der Waals surface area contributed by atoms with E-state index in [0.29, 0.717) is 48.4 Å². The van der Waals surface area contributed by atoms with E-state index in [0.717, 1.165) is 11.3 Å². The number of aliphatic imine (C=N–C) groups is 1. The van der Waals surface area contributed by atoms with E-state index in [1.807, 2.05) is 25.1 Å². The predicted molar refractivity (Wildman–Crippen MR) is 106 cm³/mol. The molecule has 0 saturated carbocycles. The Labute approximate surface area is 164 Å². The summed E-state index contributed by atoms with van der Waals surface area (Å²) < 4.78 is 21.0. The first-order chi connectivity index (χ1) is 13.5. The van der Waals surface area contributed by atoms with Crippen molar-refractivity contribution in [2.24, 2.45) is 4.99 Å². The number of methoxy groups -OCH3 is 3. The summed E-state index contributed by atoms with van der Waals surface area (Å²) in [6.07, 6.45) is 0. The van der Waals surface area contributed by atoms with Crippen LogP contribution in [-0.2, 0) is 17.8 Å². The number of benzene rings is 1. The molecule has 2 aromatic rings. The summed E-state index contributed by atoms with van der Waals surface area (Å²) >= 11 is 0. The fourth-order valence-corrected chi connectivity index (χ4v) is 2.60. The van der Waals surface area contributed by atoms with Crippen LogP contribution in [0.15, 0.2) is 33.7 Å². The number of hydrogen-bond donors (Lipinski definition) is 2. The molecule has 2 rings (SSSR count). The lowest BCUT2D eigenvalue weighted by molar-refractivity contribution is 0.0599. The van der Waals surface area contributed by atoms with Crippen LogP contribution in [0.2, 0.25) is 0 Å². The minimum absolute atomic E-state index is 0.378. The van der Waals surface area contributed by atoms with Crippen molar-refractivity contribution < 1.29 is 23.4 Å². The lowest BCUT2D eigenvalue weighted by Gasteiger charge is -2.12. The summed E-state index contributed by atoms with van der Waals surface area (Å²) in [5, 5.41) is 6.37. The lowest BCUT2D eigenvalue weighted by Crippen LogP contribution is -2.36. The number of nitrogens with zero attached hydrogens (tertiary/aromatic N) is 1. The Bertz CT molecular complexity index is 829. The molecule has 1 aromatic heterocycles. The minimum atomic E-state index is -0.417. The summed E-state index contributed by atoms with van der Waals surface area (Å²) in [7, 11) is 4.57. The van der Waals surface area contributed by atoms with Gasteiger partial charge in [0.25, 0.3) is 0 Å². The first-order valence-electron chi connectivity index (χ1n) is 8.93. The van der Waals surface area contributed by atoms with Crippen LogP contribution in [-0.4, -0.2) is 39.8 Å². The molecule has 0 aliphatic rings. The van der Waals surface area contributed by atoms with Crippen molar-refractivity contribution in [3.8, 4) is 11.5 Å². The molecule has 0 saturated heterocycles. The van der Waals surface area contributed by atoms with Crippen LogP contribution >= 0.6 is 0 Å². The third-order valence-corrected chi connectivity index (χ3v) is 4.05. The number of guanidine groups is 1. The van der Waals surface area contributed by atoms with Crippen molar-refractivity contribution in [3.63, 3.8) is 0 Å². The Kier molecular flexibility index (Phi) is 7.74. The van der Waals surface area contributed by atoms with Crippen LogP contribution in [0.25, 0.3) is 0 Å². The topological polar surface area (TPSA) is 94.3 Å². The Hall–Kier alpha value is -3.16. The van der Waals surface area contributed by atoms with Crippen molar-refractivity contribution in [1.29, 1.82) is 0 Å². The molecule has 0 radical (unpaired) electrons. The third kappa shape index (κ3) is 5.42. The van der Waals surface area contributed by atoms with Gasteiger partial charge in [0.1, 0.15) is 28.6 Å². The molecule has 1 aromatic carbocycles. The molecule has 152 valence electrons. The molecule has 0 aliphatic heterocycles. The number of esters is 1. The van der Waals surface area contributed by atoms with Gasteiger partial charge in [-0.1, -0.05) is 0 Å². The van der Waals surface area contributed by atoms with E-state index >= 15 is 0 Å². The van der Waals surface area contributed by atoms with Crippen molar-refractivity contribution in [3.05, 3.63) is 46.9 Å². The molecule has 8 heteroatoms. The maximum absolute atomic E-state index is 11.7. The van der Waals surface area contributed by atoms with Crippen molar-refractivity contribution in [2.45, 2.75) is 26.9 Å². The monoisotopic (exact) mass is 389 g/mol. The van der Waals surface area contributed by atoms with E-state index in [2.05, 4.69) is 15.6 Å². The molecule has 0 atom stereocenters. The normalized spacial score (nSPS) is 11.1. The van der Waals surface area contributed by atoms with E-state index < -0.39 is 5.97 Å². The van der Waals surface area contributed by atoms with Crippen LogP contribution in [0.3, 0.4) is 0 Å². The zero-order chi connectivity index (χ0) is 20.5. The quantitative estimate of drug-likeness (QED) is 0.407. The maximum Gasteiger partial charge on any atom is 0.341 e. The summed E-state index contributed by atoms with van der Waals surface area (Å²) in [5.41, 5.74) is 1.35. The van der Waals surface area contributed by atoms with Gasteiger partial charge in [0.05, 0.1) is 34.4 Å². The number of rotatable bonds is 8. The smallest absolute Gasteiger partial charge is 0.341 e. The minimum Gasteiger partial charge on any atom is -0.497 e. The van der Waals surface area contributed by atoms with Gasteiger partial charge in [0.15, 0.2) is 5.96 Å². The van der Waals surface area contributed by atoms with Crippen molar-refractivity contribution in [1.82, 2.24) is 10.6 Å². The molecule has 0 fully saturated rings. The molecular formula is C20H27N3O5. The molecule has 8 nitrogen and oxygen atoms in total. The summed E-state index contributed by atoms with van der Waals surface area (Å²) in [6.45, 7) is 5.22. The highest BCUT2D eigenvalue weighted by atomic mass is 16.5. The SMILES string of the molecule is CCNC(=NCc1ccc(OC)cc1OC)NCc1cc(C(=O)OC)c(C)o1. The molecule has 0 amide bonds. The van der Waals surface area contributed by atoms with Gasteiger partial charge in [0.2, 0.25) is 0 Å². The summed E-state index contributed by atoms with van der Waals surface area (Å²) in [6, 6.07) is 7.28. The van der Waals surface area contributed by atoms with E-state index in [-0.39, 0.29) is 0 Å². The van der Waals surface area contributed by atoms with Gasteiger partial charge < -0.3 is 29.3 Å². The van der Waals surface area contributed by atoms with Gasteiger partial charge in [-0.15, -0.1) is 0 Å². The third-order valence-electron chi connectivity index (χ3n) is 4.05. The Morgan fingerprint density at radius 2 is 1.93 bits per heavy atom. The highest BCUT2D eigenvalue weighted by molar-refractivity contribution is 5.90. The second-order valence-corrected chi connectivity index (χ2v) is 5.90. The van der Waals surface area contributed by atoms with Crippen LogP contribution in [0.4, 0.5) is 0 Å². The number of nitrogens with one attached hydrogen (secondary N) is 2. The maximum atomic E-state index is 11.7. The summed E-state index contributed by atoms with van der Waals surface area (Å²) in [4.78, 5) is 16.3. The average molecular weight is 389 g/mol. The van der Waals surface area contributed by atoms with Crippen LogP contribution in [0, 0.1) is 6.92 Å².